The zero-order valence-electron chi connectivity index (χ0n) is 27.7. The van der Waals surface area contributed by atoms with Crippen LogP contribution in [0.4, 0.5) is 0 Å². The van der Waals surface area contributed by atoms with E-state index in [4.69, 9.17) is 14.2 Å². The molecule has 8 nitrogen and oxygen atoms in total. The van der Waals surface area contributed by atoms with Crippen molar-refractivity contribution in [3.05, 3.63) is 12.2 Å². The Morgan fingerprint density at radius 3 is 1.81 bits per heavy atom. The minimum atomic E-state index is -0.880. The van der Waals surface area contributed by atoms with Gasteiger partial charge in [0.2, 0.25) is 0 Å². The van der Waals surface area contributed by atoms with Crippen LogP contribution in [0.15, 0.2) is 12.2 Å². The normalized spacial score (nSPS) is 13.3. The first-order valence-corrected chi connectivity index (χ1v) is 16.7. The molecule has 1 N–H and O–H groups in total. The summed E-state index contributed by atoms with van der Waals surface area (Å²) in [5.74, 6) is -1.54. The van der Waals surface area contributed by atoms with Crippen molar-refractivity contribution in [3.63, 3.8) is 0 Å². The van der Waals surface area contributed by atoms with Crippen LogP contribution in [0, 0.1) is 0 Å². The Hall–Kier alpha value is -1.93. The van der Waals surface area contributed by atoms with Gasteiger partial charge in [0, 0.05) is 19.3 Å². The molecule has 0 aliphatic rings. The van der Waals surface area contributed by atoms with Crippen LogP contribution in [-0.4, -0.2) is 80.6 Å². The summed E-state index contributed by atoms with van der Waals surface area (Å²) in [5, 5.41) is 9.53. The molecule has 0 saturated carbocycles. The summed E-state index contributed by atoms with van der Waals surface area (Å²) in [7, 11) is 5.49. The molecule has 0 rings (SSSR count). The smallest absolute Gasteiger partial charge is 0.362 e. The Bertz CT molecular complexity index is 717. The topological polar surface area (TPSA) is 99.1 Å². The summed E-state index contributed by atoms with van der Waals surface area (Å²) in [6, 6.07) is -0.611. The van der Waals surface area contributed by atoms with Crippen LogP contribution in [0.25, 0.3) is 0 Å². The third kappa shape index (κ3) is 24.6. The highest BCUT2D eigenvalue weighted by Crippen LogP contribution is 2.13. The number of carbonyl (C=O) groups excluding carboxylic acids is 2. The van der Waals surface area contributed by atoms with Gasteiger partial charge in [0.1, 0.15) is 6.61 Å². The number of esters is 2. The van der Waals surface area contributed by atoms with E-state index in [0.717, 1.165) is 25.7 Å². The maximum atomic E-state index is 12.5. The van der Waals surface area contributed by atoms with E-state index < -0.39 is 18.1 Å². The molecule has 42 heavy (non-hydrogen) atoms. The SMILES string of the molecule is CCCCCC/C=C/CCC(=O)OCC(COCCC(C(=O)O)[N+](C)(C)C)OC(=O)CCCCCCCCCCCC. The number of ether oxygens (including phenoxy) is 3. The number of hydrogen-bond donors (Lipinski definition) is 1. The maximum absolute atomic E-state index is 12.5. The van der Waals surface area contributed by atoms with E-state index in [0.29, 0.717) is 19.3 Å². The average molecular weight is 599 g/mol. The van der Waals surface area contributed by atoms with Gasteiger partial charge < -0.3 is 23.8 Å². The molecular formula is C34H64NO7+. The molecule has 0 aliphatic carbocycles. The first-order chi connectivity index (χ1) is 20.1. The molecule has 0 fully saturated rings. The first-order valence-electron chi connectivity index (χ1n) is 16.7. The van der Waals surface area contributed by atoms with Crippen molar-refractivity contribution in [1.29, 1.82) is 0 Å². The molecule has 0 aromatic rings. The van der Waals surface area contributed by atoms with E-state index in [1.165, 1.54) is 70.6 Å². The van der Waals surface area contributed by atoms with Crippen LogP contribution >= 0.6 is 0 Å². The van der Waals surface area contributed by atoms with Gasteiger partial charge >= 0.3 is 17.9 Å². The van der Waals surface area contributed by atoms with Crippen LogP contribution in [0.2, 0.25) is 0 Å². The summed E-state index contributed by atoms with van der Waals surface area (Å²) < 4.78 is 17.0. The Balaban J connectivity index is 4.53. The Kier molecular flexibility index (Phi) is 25.5. The predicted octanol–water partition coefficient (Wildman–Crippen LogP) is 7.63. The number of aliphatic carboxylic acids is 1. The van der Waals surface area contributed by atoms with Crippen LogP contribution in [0.5, 0.6) is 0 Å². The molecule has 2 unspecified atom stereocenters. The highest BCUT2D eigenvalue weighted by Gasteiger charge is 2.31. The lowest BCUT2D eigenvalue weighted by molar-refractivity contribution is -0.887. The molecule has 0 spiro atoms. The van der Waals surface area contributed by atoms with Gasteiger partial charge in [-0.25, -0.2) is 4.79 Å². The van der Waals surface area contributed by atoms with Crippen molar-refractivity contribution in [1.82, 2.24) is 0 Å². The Morgan fingerprint density at radius 2 is 1.24 bits per heavy atom. The minimum absolute atomic E-state index is 0.0538. The van der Waals surface area contributed by atoms with Gasteiger partial charge in [-0.2, -0.15) is 0 Å². The van der Waals surface area contributed by atoms with Gasteiger partial charge in [-0.05, 0) is 25.7 Å². The van der Waals surface area contributed by atoms with Crippen LogP contribution in [-0.2, 0) is 28.6 Å². The highest BCUT2D eigenvalue weighted by molar-refractivity contribution is 5.72. The monoisotopic (exact) mass is 598 g/mol. The maximum Gasteiger partial charge on any atom is 0.362 e. The molecule has 0 amide bonds. The van der Waals surface area contributed by atoms with Gasteiger partial charge in [-0.3, -0.25) is 9.59 Å². The Labute approximate surface area is 257 Å². The number of rotatable bonds is 29. The highest BCUT2D eigenvalue weighted by atomic mass is 16.6. The van der Waals surface area contributed by atoms with E-state index in [-0.39, 0.29) is 42.7 Å². The Morgan fingerprint density at radius 1 is 0.690 bits per heavy atom. The van der Waals surface area contributed by atoms with E-state index in [1.54, 1.807) is 0 Å². The van der Waals surface area contributed by atoms with Crippen molar-refractivity contribution in [2.45, 2.75) is 148 Å². The summed E-state index contributed by atoms with van der Waals surface area (Å²) in [5.41, 5.74) is 0. The second-order valence-electron chi connectivity index (χ2n) is 12.4. The van der Waals surface area contributed by atoms with E-state index in [1.807, 2.05) is 27.2 Å². The van der Waals surface area contributed by atoms with Crippen molar-refractivity contribution >= 4 is 17.9 Å². The summed E-state index contributed by atoms with van der Waals surface area (Å²) >= 11 is 0. The van der Waals surface area contributed by atoms with Crippen molar-refractivity contribution in [2.75, 3.05) is 41.0 Å². The van der Waals surface area contributed by atoms with Crippen molar-refractivity contribution in [2.24, 2.45) is 0 Å². The predicted molar refractivity (Wildman–Crippen MR) is 169 cm³/mol. The number of carboxylic acids is 1. The van der Waals surface area contributed by atoms with Gasteiger partial charge in [-0.15, -0.1) is 0 Å². The summed E-state index contributed by atoms with van der Waals surface area (Å²) in [4.78, 5) is 36.4. The molecule has 2 atom stereocenters. The largest absolute Gasteiger partial charge is 0.477 e. The molecular weight excluding hydrogens is 534 g/mol. The second-order valence-corrected chi connectivity index (χ2v) is 12.4. The molecule has 0 bridgehead atoms. The molecule has 8 heteroatoms. The van der Waals surface area contributed by atoms with Gasteiger partial charge in [-0.1, -0.05) is 103 Å². The third-order valence-electron chi connectivity index (χ3n) is 7.43. The number of nitrogens with zero attached hydrogens (tertiary/aromatic N) is 1. The quantitative estimate of drug-likeness (QED) is 0.0409. The third-order valence-corrected chi connectivity index (χ3v) is 7.43. The average Bonchev–Trinajstić information content (AvgIpc) is 2.92. The number of hydrogen-bond acceptors (Lipinski definition) is 6. The fraction of sp³-hybridized carbons (Fsp3) is 0.853. The molecule has 0 aromatic heterocycles. The number of allylic oxidation sites excluding steroid dienone is 2. The lowest BCUT2D eigenvalue weighted by Crippen LogP contribution is -2.50. The number of unbranched alkanes of at least 4 members (excludes halogenated alkanes) is 13. The minimum Gasteiger partial charge on any atom is -0.477 e. The number of carbonyl (C=O) groups is 3. The molecule has 0 saturated heterocycles. The van der Waals surface area contributed by atoms with E-state index >= 15 is 0 Å². The van der Waals surface area contributed by atoms with Crippen LogP contribution < -0.4 is 0 Å². The van der Waals surface area contributed by atoms with Gasteiger partial charge in [0.15, 0.2) is 12.1 Å². The molecule has 0 heterocycles. The van der Waals surface area contributed by atoms with Crippen LogP contribution in [0.3, 0.4) is 0 Å². The fourth-order valence-corrected chi connectivity index (χ4v) is 4.75. The van der Waals surface area contributed by atoms with Crippen molar-refractivity contribution in [3.8, 4) is 0 Å². The zero-order chi connectivity index (χ0) is 31.5. The lowest BCUT2D eigenvalue weighted by atomic mass is 10.1. The first kappa shape index (κ1) is 40.1. The molecule has 0 radical (unpaired) electrons. The van der Waals surface area contributed by atoms with E-state index in [9.17, 15) is 19.5 Å². The van der Waals surface area contributed by atoms with Crippen molar-refractivity contribution < 1.29 is 38.2 Å². The van der Waals surface area contributed by atoms with Gasteiger partial charge in [0.05, 0.1) is 34.4 Å². The standard InChI is InChI=1S/C34H63NO7/c1-6-8-10-12-14-16-17-19-21-23-25-33(37)42-30(28-40-27-26-31(34(38)39)35(3,4)5)29-41-32(36)24-22-20-18-15-13-11-9-7-2/h18,20,30-31H,6-17,19,21-29H2,1-5H3/p+1/b20-18+. The summed E-state index contributed by atoms with van der Waals surface area (Å²) in [6.45, 7) is 4.61. The van der Waals surface area contributed by atoms with Gasteiger partial charge in [0.25, 0.3) is 0 Å². The summed E-state index contributed by atoms with van der Waals surface area (Å²) in [6.07, 6.45) is 22.7. The second kappa shape index (κ2) is 26.7. The molecule has 246 valence electrons. The zero-order valence-corrected chi connectivity index (χ0v) is 27.7. The number of likely N-dealkylation sites (N-methyl/N-ethyl adjacent to an activating group) is 1. The molecule has 0 aliphatic heterocycles. The molecule has 0 aromatic carbocycles. The number of quaternary nitrogens is 1. The fourth-order valence-electron chi connectivity index (χ4n) is 4.75. The number of carboxylic acid groups (broad SMARTS) is 1. The van der Waals surface area contributed by atoms with Crippen LogP contribution in [0.1, 0.15) is 136 Å². The lowest BCUT2D eigenvalue weighted by Gasteiger charge is -2.31. The van der Waals surface area contributed by atoms with E-state index in [2.05, 4.69) is 19.9 Å².